The van der Waals surface area contributed by atoms with E-state index in [4.69, 9.17) is 5.11 Å². The highest BCUT2D eigenvalue weighted by molar-refractivity contribution is 5.88. The fourth-order valence-corrected chi connectivity index (χ4v) is 2.72. The number of aromatic nitrogens is 1. The van der Waals surface area contributed by atoms with Crippen LogP contribution in [0.5, 0.6) is 0 Å². The molecule has 5 heteroatoms. The Balaban J connectivity index is 1.93. The van der Waals surface area contributed by atoms with E-state index in [1.807, 2.05) is 6.07 Å². The highest BCUT2D eigenvalue weighted by Gasteiger charge is 2.24. The van der Waals surface area contributed by atoms with E-state index in [-0.39, 0.29) is 12.6 Å². The van der Waals surface area contributed by atoms with Gasteiger partial charge in [0.25, 0.3) is 0 Å². The van der Waals surface area contributed by atoms with Crippen molar-refractivity contribution in [2.45, 2.75) is 38.3 Å². The molecule has 0 aromatic carbocycles. The van der Waals surface area contributed by atoms with E-state index in [1.165, 1.54) is 20.0 Å². The number of aliphatic hydroxyl groups is 1. The SMILES string of the molecule is COC(=O)c1ccc(CN2CCCC2CCCO)nc1. The van der Waals surface area contributed by atoms with Crippen molar-refractivity contribution >= 4 is 5.97 Å². The van der Waals surface area contributed by atoms with Crippen LogP contribution in [0.3, 0.4) is 0 Å². The molecule has 2 heterocycles. The van der Waals surface area contributed by atoms with Crippen LogP contribution in [0.4, 0.5) is 0 Å². The summed E-state index contributed by atoms with van der Waals surface area (Å²) in [5.74, 6) is -0.356. The molecule has 0 aliphatic carbocycles. The largest absolute Gasteiger partial charge is 0.465 e. The Kier molecular flexibility index (Phi) is 5.49. The van der Waals surface area contributed by atoms with Gasteiger partial charge in [-0.15, -0.1) is 0 Å². The minimum atomic E-state index is -0.356. The molecule has 1 aliphatic rings. The lowest BCUT2D eigenvalue weighted by Gasteiger charge is -2.23. The summed E-state index contributed by atoms with van der Waals surface area (Å²) in [6, 6.07) is 4.19. The second-order valence-corrected chi connectivity index (χ2v) is 5.16. The van der Waals surface area contributed by atoms with E-state index >= 15 is 0 Å². The minimum absolute atomic E-state index is 0.260. The summed E-state index contributed by atoms with van der Waals surface area (Å²) in [7, 11) is 1.37. The second kappa shape index (κ2) is 7.36. The summed E-state index contributed by atoms with van der Waals surface area (Å²) in [5, 5.41) is 8.93. The van der Waals surface area contributed by atoms with Crippen molar-refractivity contribution in [2.24, 2.45) is 0 Å². The van der Waals surface area contributed by atoms with Crippen LogP contribution in [-0.2, 0) is 11.3 Å². The molecule has 1 fully saturated rings. The van der Waals surface area contributed by atoms with Crippen molar-refractivity contribution in [1.29, 1.82) is 0 Å². The molecule has 0 amide bonds. The Labute approximate surface area is 119 Å². The van der Waals surface area contributed by atoms with Crippen molar-refractivity contribution in [1.82, 2.24) is 9.88 Å². The lowest BCUT2D eigenvalue weighted by atomic mass is 10.1. The van der Waals surface area contributed by atoms with Crippen LogP contribution in [-0.4, -0.2) is 47.3 Å². The predicted molar refractivity (Wildman–Crippen MR) is 75.3 cm³/mol. The number of esters is 1. The molecule has 1 atom stereocenters. The molecule has 0 radical (unpaired) electrons. The van der Waals surface area contributed by atoms with Gasteiger partial charge < -0.3 is 9.84 Å². The Morgan fingerprint density at radius 2 is 2.40 bits per heavy atom. The molecular weight excluding hydrogens is 256 g/mol. The average molecular weight is 278 g/mol. The third-order valence-electron chi connectivity index (χ3n) is 3.81. The van der Waals surface area contributed by atoms with Gasteiger partial charge in [-0.3, -0.25) is 9.88 Å². The predicted octanol–water partition coefficient (Wildman–Crippen LogP) is 1.61. The van der Waals surface area contributed by atoms with Gasteiger partial charge in [0.15, 0.2) is 0 Å². The van der Waals surface area contributed by atoms with Gasteiger partial charge in [0, 0.05) is 25.4 Å². The number of aliphatic hydroxyl groups excluding tert-OH is 1. The number of nitrogens with zero attached hydrogens (tertiary/aromatic N) is 2. The normalized spacial score (nSPS) is 19.2. The number of carbonyl (C=O) groups is 1. The third kappa shape index (κ3) is 3.77. The van der Waals surface area contributed by atoms with E-state index in [1.54, 1.807) is 12.3 Å². The van der Waals surface area contributed by atoms with Gasteiger partial charge in [0.05, 0.1) is 18.4 Å². The zero-order chi connectivity index (χ0) is 14.4. The van der Waals surface area contributed by atoms with Crippen molar-refractivity contribution in [3.8, 4) is 0 Å². The van der Waals surface area contributed by atoms with E-state index in [2.05, 4.69) is 14.6 Å². The lowest BCUT2D eigenvalue weighted by Crippen LogP contribution is -2.29. The number of pyridine rings is 1. The van der Waals surface area contributed by atoms with E-state index in [0.29, 0.717) is 11.6 Å². The zero-order valence-corrected chi connectivity index (χ0v) is 11.9. The summed E-state index contributed by atoms with van der Waals surface area (Å²) in [4.78, 5) is 18.1. The monoisotopic (exact) mass is 278 g/mol. The first-order valence-corrected chi connectivity index (χ1v) is 7.12. The molecule has 0 spiro atoms. The van der Waals surface area contributed by atoms with Crippen LogP contribution in [0.25, 0.3) is 0 Å². The molecule has 1 aromatic rings. The number of hydrogen-bond acceptors (Lipinski definition) is 5. The maximum absolute atomic E-state index is 11.3. The van der Waals surface area contributed by atoms with Crippen molar-refractivity contribution in [3.63, 3.8) is 0 Å². The molecule has 1 saturated heterocycles. The number of rotatable bonds is 6. The molecule has 110 valence electrons. The third-order valence-corrected chi connectivity index (χ3v) is 3.81. The second-order valence-electron chi connectivity index (χ2n) is 5.16. The summed E-state index contributed by atoms with van der Waals surface area (Å²) in [6.07, 6.45) is 5.86. The van der Waals surface area contributed by atoms with E-state index in [0.717, 1.165) is 31.6 Å². The standard InChI is InChI=1S/C15H22N2O3/c1-20-15(19)12-6-7-13(16-10-12)11-17-8-2-4-14(17)5-3-9-18/h6-7,10,14,18H,2-5,8-9,11H2,1H3. The van der Waals surface area contributed by atoms with Gasteiger partial charge in [0.2, 0.25) is 0 Å². The summed E-state index contributed by atoms with van der Waals surface area (Å²) in [6.45, 7) is 2.14. The molecule has 1 aromatic heterocycles. The van der Waals surface area contributed by atoms with Crippen LogP contribution < -0.4 is 0 Å². The quantitative estimate of drug-likeness (QED) is 0.801. The molecule has 0 saturated carbocycles. The van der Waals surface area contributed by atoms with Gasteiger partial charge in [-0.25, -0.2) is 4.79 Å². The molecule has 0 bridgehead atoms. The molecule has 20 heavy (non-hydrogen) atoms. The smallest absolute Gasteiger partial charge is 0.339 e. The Hall–Kier alpha value is -1.46. The van der Waals surface area contributed by atoms with Crippen molar-refractivity contribution < 1.29 is 14.6 Å². The van der Waals surface area contributed by atoms with Gasteiger partial charge in [-0.1, -0.05) is 0 Å². The topological polar surface area (TPSA) is 62.7 Å². The van der Waals surface area contributed by atoms with Crippen LogP contribution >= 0.6 is 0 Å². The van der Waals surface area contributed by atoms with Crippen molar-refractivity contribution in [2.75, 3.05) is 20.3 Å². The fraction of sp³-hybridized carbons (Fsp3) is 0.600. The number of likely N-dealkylation sites (tertiary alicyclic amines) is 1. The Bertz CT molecular complexity index is 433. The minimum Gasteiger partial charge on any atom is -0.465 e. The highest BCUT2D eigenvalue weighted by atomic mass is 16.5. The first kappa shape index (κ1) is 14.9. The fourth-order valence-electron chi connectivity index (χ4n) is 2.72. The molecule has 2 rings (SSSR count). The summed E-state index contributed by atoms with van der Waals surface area (Å²) >= 11 is 0. The molecule has 1 N–H and O–H groups in total. The highest BCUT2D eigenvalue weighted by Crippen LogP contribution is 2.23. The lowest BCUT2D eigenvalue weighted by molar-refractivity contribution is 0.0600. The molecule has 5 nitrogen and oxygen atoms in total. The molecule has 1 aliphatic heterocycles. The van der Waals surface area contributed by atoms with Gasteiger partial charge >= 0.3 is 5.97 Å². The first-order valence-electron chi connectivity index (χ1n) is 7.12. The van der Waals surface area contributed by atoms with Gasteiger partial charge in [0.1, 0.15) is 0 Å². The zero-order valence-electron chi connectivity index (χ0n) is 11.9. The van der Waals surface area contributed by atoms with Gasteiger partial charge in [-0.05, 0) is 44.4 Å². The number of methoxy groups -OCH3 is 1. The Morgan fingerprint density at radius 3 is 3.05 bits per heavy atom. The number of ether oxygens (including phenoxy) is 1. The average Bonchev–Trinajstić information content (AvgIpc) is 2.92. The van der Waals surface area contributed by atoms with Gasteiger partial charge in [-0.2, -0.15) is 0 Å². The van der Waals surface area contributed by atoms with Crippen LogP contribution in [0.2, 0.25) is 0 Å². The van der Waals surface area contributed by atoms with E-state index in [9.17, 15) is 4.79 Å². The van der Waals surface area contributed by atoms with Crippen molar-refractivity contribution in [3.05, 3.63) is 29.6 Å². The van der Waals surface area contributed by atoms with E-state index < -0.39 is 0 Å². The van der Waals surface area contributed by atoms with Crippen LogP contribution in [0.1, 0.15) is 41.7 Å². The maximum Gasteiger partial charge on any atom is 0.339 e. The number of carbonyl (C=O) groups excluding carboxylic acids is 1. The number of hydrogen-bond donors (Lipinski definition) is 1. The first-order chi connectivity index (χ1) is 9.74. The molecular formula is C15H22N2O3. The molecule has 1 unspecified atom stereocenters. The summed E-state index contributed by atoms with van der Waals surface area (Å²) < 4.78 is 4.66. The maximum atomic E-state index is 11.3. The van der Waals surface area contributed by atoms with Crippen LogP contribution in [0.15, 0.2) is 18.3 Å². The summed E-state index contributed by atoms with van der Waals surface area (Å²) in [5.41, 5.74) is 1.45. The Morgan fingerprint density at radius 1 is 1.55 bits per heavy atom. The van der Waals surface area contributed by atoms with Crippen LogP contribution in [0, 0.1) is 0 Å².